The van der Waals surface area contributed by atoms with E-state index in [9.17, 15) is 9.90 Å². The van der Waals surface area contributed by atoms with Crippen molar-refractivity contribution in [2.24, 2.45) is 0 Å². The second kappa shape index (κ2) is 6.60. The van der Waals surface area contributed by atoms with Crippen molar-refractivity contribution < 1.29 is 19.4 Å². The minimum Gasteiger partial charge on any atom is -0.508 e. The summed E-state index contributed by atoms with van der Waals surface area (Å²) in [7, 11) is 0. The fourth-order valence-corrected chi connectivity index (χ4v) is 4.07. The Bertz CT molecular complexity index is 1020. The van der Waals surface area contributed by atoms with Crippen molar-refractivity contribution in [3.05, 3.63) is 77.9 Å². The third-order valence-electron chi connectivity index (χ3n) is 5.36. The third-order valence-corrected chi connectivity index (χ3v) is 5.36. The van der Waals surface area contributed by atoms with Gasteiger partial charge in [0.25, 0.3) is 0 Å². The van der Waals surface area contributed by atoms with Gasteiger partial charge in [-0.2, -0.15) is 0 Å². The molecular formula is C23H19NO4. The standard InChI is InChI=1S/C23H19NO4/c25-15-9-10-22-21(13-15)24(11-12-27-22)23(26)28-14-20-18-7-3-1-5-16(18)17-6-2-4-8-19(17)20/h1-10,13,20,25H,11-12,14H2. The van der Waals surface area contributed by atoms with Gasteiger partial charge in [0, 0.05) is 12.0 Å². The van der Waals surface area contributed by atoms with Crippen LogP contribution in [0.25, 0.3) is 11.1 Å². The molecule has 3 aromatic carbocycles. The molecule has 0 radical (unpaired) electrons. The molecule has 5 rings (SSSR count). The molecule has 1 aliphatic heterocycles. The SMILES string of the molecule is O=C(OCC1c2ccccc2-c2ccccc21)N1CCOc2ccc(O)cc21. The number of hydrogen-bond acceptors (Lipinski definition) is 4. The first kappa shape index (κ1) is 16.7. The van der Waals surface area contributed by atoms with Gasteiger partial charge in [0.2, 0.25) is 0 Å². The lowest BCUT2D eigenvalue weighted by Crippen LogP contribution is -2.38. The molecule has 5 nitrogen and oxygen atoms in total. The van der Waals surface area contributed by atoms with Gasteiger partial charge in [-0.1, -0.05) is 48.5 Å². The highest BCUT2D eigenvalue weighted by atomic mass is 16.6. The van der Waals surface area contributed by atoms with Crippen LogP contribution in [0, 0.1) is 0 Å². The summed E-state index contributed by atoms with van der Waals surface area (Å²) in [5.41, 5.74) is 5.28. The van der Waals surface area contributed by atoms with Crippen molar-refractivity contribution in [1.82, 2.24) is 0 Å². The quantitative estimate of drug-likeness (QED) is 0.716. The lowest BCUT2D eigenvalue weighted by Gasteiger charge is -2.29. The number of carbonyl (C=O) groups excluding carboxylic acids is 1. The van der Waals surface area contributed by atoms with Crippen molar-refractivity contribution in [1.29, 1.82) is 0 Å². The number of phenols is 1. The topological polar surface area (TPSA) is 59.0 Å². The number of ether oxygens (including phenoxy) is 2. The van der Waals surface area contributed by atoms with E-state index in [1.54, 1.807) is 12.1 Å². The summed E-state index contributed by atoms with van der Waals surface area (Å²) < 4.78 is 11.3. The zero-order valence-corrected chi connectivity index (χ0v) is 15.2. The summed E-state index contributed by atoms with van der Waals surface area (Å²) in [6.45, 7) is 1.04. The second-order valence-corrected chi connectivity index (χ2v) is 6.96. The summed E-state index contributed by atoms with van der Waals surface area (Å²) in [6.07, 6.45) is -0.433. The molecule has 28 heavy (non-hydrogen) atoms. The largest absolute Gasteiger partial charge is 0.508 e. The van der Waals surface area contributed by atoms with Crippen LogP contribution < -0.4 is 9.64 Å². The van der Waals surface area contributed by atoms with Gasteiger partial charge in [-0.05, 0) is 34.4 Å². The molecule has 1 heterocycles. The lowest BCUT2D eigenvalue weighted by atomic mass is 9.98. The van der Waals surface area contributed by atoms with Crippen LogP contribution in [0.4, 0.5) is 10.5 Å². The smallest absolute Gasteiger partial charge is 0.414 e. The maximum atomic E-state index is 12.8. The highest BCUT2D eigenvalue weighted by Crippen LogP contribution is 2.44. The summed E-state index contributed by atoms with van der Waals surface area (Å²) in [6, 6.07) is 21.2. The number of rotatable bonds is 2. The number of aromatic hydroxyl groups is 1. The Morgan fingerprint density at radius 3 is 2.43 bits per heavy atom. The molecule has 1 amide bonds. The van der Waals surface area contributed by atoms with Crippen LogP contribution in [0.3, 0.4) is 0 Å². The van der Waals surface area contributed by atoms with Crippen LogP contribution in [0.5, 0.6) is 11.5 Å². The predicted molar refractivity (Wildman–Crippen MR) is 106 cm³/mol. The molecule has 1 aliphatic carbocycles. The fraction of sp³-hybridized carbons (Fsp3) is 0.174. The molecule has 140 valence electrons. The number of carbonyl (C=O) groups is 1. The van der Waals surface area contributed by atoms with Crippen molar-refractivity contribution in [3.63, 3.8) is 0 Å². The van der Waals surface area contributed by atoms with Gasteiger partial charge < -0.3 is 14.6 Å². The Balaban J connectivity index is 1.39. The lowest BCUT2D eigenvalue weighted by molar-refractivity contribution is 0.147. The van der Waals surface area contributed by atoms with Crippen LogP contribution in [-0.2, 0) is 4.74 Å². The van der Waals surface area contributed by atoms with E-state index in [1.165, 1.54) is 33.2 Å². The highest BCUT2D eigenvalue weighted by Gasteiger charge is 2.31. The first-order valence-corrected chi connectivity index (χ1v) is 9.31. The van der Waals surface area contributed by atoms with E-state index in [-0.39, 0.29) is 18.3 Å². The molecule has 5 heteroatoms. The molecule has 2 aliphatic rings. The first-order chi connectivity index (χ1) is 13.7. The second-order valence-electron chi connectivity index (χ2n) is 6.96. The minimum absolute atomic E-state index is 0.0148. The van der Waals surface area contributed by atoms with Gasteiger partial charge in [-0.15, -0.1) is 0 Å². The van der Waals surface area contributed by atoms with Gasteiger partial charge in [0.1, 0.15) is 24.7 Å². The minimum atomic E-state index is -0.433. The zero-order valence-electron chi connectivity index (χ0n) is 15.2. The van der Waals surface area contributed by atoms with Crippen LogP contribution in [0.1, 0.15) is 17.0 Å². The fourth-order valence-electron chi connectivity index (χ4n) is 4.07. The van der Waals surface area contributed by atoms with Gasteiger partial charge in [-0.3, -0.25) is 4.90 Å². The summed E-state index contributed by atoms with van der Waals surface area (Å²) >= 11 is 0. The van der Waals surface area contributed by atoms with Gasteiger partial charge in [-0.25, -0.2) is 4.79 Å². The van der Waals surface area contributed by atoms with Crippen molar-refractivity contribution >= 4 is 11.8 Å². The molecule has 1 N–H and O–H groups in total. The number of benzene rings is 3. The molecule has 0 saturated heterocycles. The normalized spacial score (nSPS) is 14.6. The third kappa shape index (κ3) is 2.67. The van der Waals surface area contributed by atoms with Crippen LogP contribution in [0.2, 0.25) is 0 Å². The first-order valence-electron chi connectivity index (χ1n) is 9.31. The van der Waals surface area contributed by atoms with Crippen LogP contribution in [-0.4, -0.2) is 31.0 Å². The molecular weight excluding hydrogens is 354 g/mol. The number of anilines is 1. The van der Waals surface area contributed by atoms with E-state index in [0.717, 1.165) is 0 Å². The Kier molecular flexibility index (Phi) is 3.93. The maximum absolute atomic E-state index is 12.8. The van der Waals surface area contributed by atoms with E-state index in [0.29, 0.717) is 24.6 Å². The molecule has 0 unspecified atom stereocenters. The number of amides is 1. The van der Waals surface area contributed by atoms with Gasteiger partial charge in [0.15, 0.2) is 0 Å². The molecule has 0 saturated carbocycles. The monoisotopic (exact) mass is 373 g/mol. The number of nitrogens with zero attached hydrogens (tertiary/aromatic N) is 1. The Morgan fingerprint density at radius 1 is 1.04 bits per heavy atom. The number of fused-ring (bicyclic) bond motifs is 4. The number of phenolic OH excluding ortho intramolecular Hbond substituents is 1. The average Bonchev–Trinajstić information content (AvgIpc) is 3.05. The zero-order chi connectivity index (χ0) is 19.1. The molecule has 0 spiro atoms. The Hall–Kier alpha value is -3.47. The summed E-state index contributed by atoms with van der Waals surface area (Å²) in [5, 5.41) is 9.77. The van der Waals surface area contributed by atoms with Crippen molar-refractivity contribution in [2.75, 3.05) is 24.7 Å². The molecule has 3 aromatic rings. The summed E-state index contributed by atoms with van der Waals surface area (Å²) in [5.74, 6) is 0.666. The van der Waals surface area contributed by atoms with E-state index in [4.69, 9.17) is 9.47 Å². The highest BCUT2D eigenvalue weighted by molar-refractivity contribution is 5.90. The maximum Gasteiger partial charge on any atom is 0.414 e. The van der Waals surface area contributed by atoms with Crippen LogP contribution in [0.15, 0.2) is 66.7 Å². The Morgan fingerprint density at radius 2 is 1.71 bits per heavy atom. The van der Waals surface area contributed by atoms with E-state index in [1.807, 2.05) is 24.3 Å². The van der Waals surface area contributed by atoms with E-state index >= 15 is 0 Å². The van der Waals surface area contributed by atoms with Crippen molar-refractivity contribution in [2.45, 2.75) is 5.92 Å². The average molecular weight is 373 g/mol. The molecule has 0 aromatic heterocycles. The van der Waals surface area contributed by atoms with Gasteiger partial charge >= 0.3 is 6.09 Å². The summed E-state index contributed by atoms with van der Waals surface area (Å²) in [4.78, 5) is 14.3. The van der Waals surface area contributed by atoms with E-state index < -0.39 is 6.09 Å². The molecule has 0 atom stereocenters. The van der Waals surface area contributed by atoms with Crippen molar-refractivity contribution in [3.8, 4) is 22.6 Å². The number of hydrogen-bond donors (Lipinski definition) is 1. The Labute approximate surface area is 162 Å². The molecule has 0 fully saturated rings. The predicted octanol–water partition coefficient (Wildman–Crippen LogP) is 4.54. The van der Waals surface area contributed by atoms with Crippen LogP contribution >= 0.6 is 0 Å². The molecule has 0 bridgehead atoms. The van der Waals surface area contributed by atoms with E-state index in [2.05, 4.69) is 24.3 Å². The van der Waals surface area contributed by atoms with Gasteiger partial charge in [0.05, 0.1) is 12.2 Å².